The van der Waals surface area contributed by atoms with Gasteiger partial charge in [0, 0.05) is 26.0 Å². The van der Waals surface area contributed by atoms with E-state index in [1.807, 2.05) is 0 Å². The molecule has 0 aromatic heterocycles. The number of hydrogen-bond acceptors (Lipinski definition) is 7. The monoisotopic (exact) mass is 507 g/mol. The van der Waals surface area contributed by atoms with Gasteiger partial charge in [0.05, 0.1) is 19.5 Å². The van der Waals surface area contributed by atoms with E-state index in [9.17, 15) is 21.2 Å². The number of sulfone groups is 1. The van der Waals surface area contributed by atoms with E-state index in [1.54, 1.807) is 13.0 Å². The molecular weight excluding hydrogens is 473 g/mol. The molecule has 1 aliphatic rings. The highest BCUT2D eigenvalue weighted by Gasteiger charge is 2.58. The Morgan fingerprint density at radius 3 is 2.31 bits per heavy atom. The molecule has 3 atom stereocenters. The Morgan fingerprint density at radius 2 is 1.78 bits per heavy atom. The highest BCUT2D eigenvalue weighted by Crippen LogP contribution is 2.44. The predicted octanol–water partition coefficient (Wildman–Crippen LogP) is 3.39. The van der Waals surface area contributed by atoms with Crippen LogP contribution in [0.1, 0.15) is 26.3 Å². The summed E-state index contributed by atoms with van der Waals surface area (Å²) >= 11 is 0. The Hall–Kier alpha value is -1.14. The molecule has 0 unspecified atom stereocenters. The van der Waals surface area contributed by atoms with Crippen molar-refractivity contribution in [2.75, 3.05) is 26.1 Å². The van der Waals surface area contributed by atoms with Crippen molar-refractivity contribution in [3.05, 3.63) is 35.6 Å². The number of hydrogen-bond donors (Lipinski definition) is 0. The van der Waals surface area contributed by atoms with Gasteiger partial charge >= 0.3 is 0 Å². The zero-order chi connectivity index (χ0) is 24.6. The molecule has 0 spiro atoms. The quantitative estimate of drug-likeness (QED) is 0.289. The number of benzene rings is 1. The lowest BCUT2D eigenvalue weighted by atomic mass is 9.87. The average Bonchev–Trinajstić information content (AvgIpc) is 2.63. The molecular formula is C21H34FNO6S2Si. The first kappa shape index (κ1) is 27.1. The van der Waals surface area contributed by atoms with Crippen LogP contribution in [0.25, 0.3) is 0 Å². The molecule has 11 heteroatoms. The molecule has 0 fully saturated rings. The summed E-state index contributed by atoms with van der Waals surface area (Å²) in [7, 11) is -9.42. The van der Waals surface area contributed by atoms with Crippen LogP contribution in [0.3, 0.4) is 0 Å². The van der Waals surface area contributed by atoms with Gasteiger partial charge in [0.25, 0.3) is 10.1 Å². The molecule has 182 valence electrons. The zero-order valence-electron chi connectivity index (χ0n) is 19.8. The first-order chi connectivity index (χ1) is 14.4. The van der Waals surface area contributed by atoms with Crippen LogP contribution in [0, 0.1) is 5.82 Å². The molecule has 0 radical (unpaired) electrons. The predicted molar refractivity (Wildman–Crippen MR) is 128 cm³/mol. The minimum Gasteiger partial charge on any atom is -0.380 e. The minimum atomic E-state index is -4.12. The third-order valence-electron chi connectivity index (χ3n) is 6.03. The van der Waals surface area contributed by atoms with Gasteiger partial charge in [0.1, 0.15) is 21.4 Å². The van der Waals surface area contributed by atoms with Crippen molar-refractivity contribution in [2.45, 2.75) is 62.0 Å². The summed E-state index contributed by atoms with van der Waals surface area (Å²) in [5, 5.41) is -1.23. The number of rotatable bonds is 9. The van der Waals surface area contributed by atoms with Gasteiger partial charge in [-0.15, -0.1) is 0 Å². The van der Waals surface area contributed by atoms with Crippen molar-refractivity contribution < 1.29 is 30.1 Å². The van der Waals surface area contributed by atoms with Crippen LogP contribution in [0.5, 0.6) is 0 Å². The third kappa shape index (κ3) is 5.67. The normalized spacial score (nSPS) is 28.4. The van der Waals surface area contributed by atoms with Gasteiger partial charge in [0.15, 0.2) is 9.84 Å². The molecule has 1 heterocycles. The van der Waals surface area contributed by atoms with Crippen LogP contribution in [0.2, 0.25) is 25.7 Å². The lowest BCUT2D eigenvalue weighted by molar-refractivity contribution is 0.127. The maximum absolute atomic E-state index is 14.8. The highest BCUT2D eigenvalue weighted by atomic mass is 32.2. The van der Waals surface area contributed by atoms with Crippen LogP contribution >= 0.6 is 0 Å². The van der Waals surface area contributed by atoms with Crippen LogP contribution in [0.15, 0.2) is 29.3 Å². The van der Waals surface area contributed by atoms with Crippen molar-refractivity contribution >= 4 is 33.7 Å². The Balaban J connectivity index is 2.58. The number of ether oxygens (including phenoxy) is 1. The topological polar surface area (TPSA) is 99.1 Å². The fraction of sp³-hybridized carbons (Fsp3) is 0.667. The van der Waals surface area contributed by atoms with Crippen molar-refractivity contribution in [3.63, 3.8) is 0 Å². The van der Waals surface area contributed by atoms with Crippen LogP contribution in [-0.2, 0) is 34.4 Å². The second-order valence-electron chi connectivity index (χ2n) is 9.94. The first-order valence-electron chi connectivity index (χ1n) is 10.4. The summed E-state index contributed by atoms with van der Waals surface area (Å²) in [5.41, 5.74) is -1.14. The summed E-state index contributed by atoms with van der Waals surface area (Å²) in [6, 6.07) is 6.78. The highest BCUT2D eigenvalue weighted by molar-refractivity contribution is 7.94. The number of aliphatic imine (C=N–C) groups is 1. The molecule has 32 heavy (non-hydrogen) atoms. The van der Waals surface area contributed by atoms with E-state index in [4.69, 9.17) is 8.92 Å². The molecule has 0 amide bonds. The van der Waals surface area contributed by atoms with E-state index in [-0.39, 0.29) is 17.9 Å². The molecule has 7 nitrogen and oxygen atoms in total. The molecule has 2 rings (SSSR count). The van der Waals surface area contributed by atoms with E-state index in [1.165, 1.54) is 32.0 Å². The molecule has 0 saturated carbocycles. The minimum absolute atomic E-state index is 0.146. The number of halogens is 1. The lowest BCUT2D eigenvalue weighted by Gasteiger charge is -2.45. The Bertz CT molecular complexity index is 1080. The van der Waals surface area contributed by atoms with Crippen molar-refractivity contribution in [2.24, 2.45) is 4.99 Å². The molecule has 0 saturated heterocycles. The van der Waals surface area contributed by atoms with E-state index >= 15 is 0 Å². The fourth-order valence-corrected chi connectivity index (χ4v) is 7.34. The van der Waals surface area contributed by atoms with Crippen LogP contribution < -0.4 is 0 Å². The van der Waals surface area contributed by atoms with Crippen molar-refractivity contribution in [1.29, 1.82) is 0 Å². The summed E-state index contributed by atoms with van der Waals surface area (Å²) in [6.07, 6.45) is 0.860. The fourth-order valence-electron chi connectivity index (χ4n) is 3.69. The standard InChI is InChI=1S/C21H34FNO6S2Si/c1-16-20(2,15-29-30(4,24)25)31(26,27)19(14-28-12-13-32(5,6)7)21(3,23-16)17-10-8-9-11-18(17)22/h8-11,19H,12-15H2,1-7H3/t19-,20+,21-/m1/s1. The smallest absolute Gasteiger partial charge is 0.264 e. The SMILES string of the molecule is CC1=N[C@](C)(c2ccccc2F)[C@@H](COCC[Si](C)(C)C)S(=O)(=O)[C@@]1(C)COS(C)(=O)=O. The van der Waals surface area contributed by atoms with Gasteiger partial charge in [-0.1, -0.05) is 37.8 Å². The van der Waals surface area contributed by atoms with Crippen molar-refractivity contribution in [1.82, 2.24) is 0 Å². The molecule has 0 N–H and O–H groups in total. The Kier molecular flexibility index (Phi) is 7.83. The van der Waals surface area contributed by atoms with Crippen LogP contribution in [0.4, 0.5) is 4.39 Å². The van der Waals surface area contributed by atoms with Gasteiger partial charge in [-0.2, -0.15) is 8.42 Å². The summed E-state index contributed by atoms with van der Waals surface area (Å²) in [4.78, 5) is 4.66. The number of nitrogens with zero attached hydrogens (tertiary/aromatic N) is 1. The Labute approximate surface area is 192 Å². The van der Waals surface area contributed by atoms with E-state index in [2.05, 4.69) is 24.6 Å². The Morgan fingerprint density at radius 1 is 1.19 bits per heavy atom. The summed E-state index contributed by atoms with van der Waals surface area (Å²) in [5.74, 6) is -0.565. The average molecular weight is 508 g/mol. The summed E-state index contributed by atoms with van der Waals surface area (Å²) < 4.78 is 74.8. The molecule has 0 bridgehead atoms. The lowest BCUT2D eigenvalue weighted by Crippen LogP contribution is -2.61. The molecule has 1 aliphatic heterocycles. The zero-order valence-corrected chi connectivity index (χ0v) is 22.4. The maximum Gasteiger partial charge on any atom is 0.264 e. The van der Waals surface area contributed by atoms with Gasteiger partial charge in [-0.05, 0) is 32.9 Å². The van der Waals surface area contributed by atoms with Crippen LogP contribution in [-0.4, -0.2) is 66.7 Å². The van der Waals surface area contributed by atoms with E-state index in [0.717, 1.165) is 12.3 Å². The summed E-state index contributed by atoms with van der Waals surface area (Å²) in [6.45, 7) is 10.6. The largest absolute Gasteiger partial charge is 0.380 e. The van der Waals surface area contributed by atoms with Gasteiger partial charge in [0.2, 0.25) is 0 Å². The van der Waals surface area contributed by atoms with Gasteiger partial charge in [-0.3, -0.25) is 9.18 Å². The third-order valence-corrected chi connectivity index (χ3v) is 11.3. The molecule has 1 aromatic carbocycles. The molecule has 0 aliphatic carbocycles. The second-order valence-corrected chi connectivity index (χ2v) is 19.8. The van der Waals surface area contributed by atoms with E-state index < -0.39 is 56.0 Å². The van der Waals surface area contributed by atoms with Gasteiger partial charge in [-0.25, -0.2) is 12.8 Å². The van der Waals surface area contributed by atoms with Crippen molar-refractivity contribution in [3.8, 4) is 0 Å². The second kappa shape index (κ2) is 9.25. The van der Waals surface area contributed by atoms with Gasteiger partial charge < -0.3 is 4.74 Å². The first-order valence-corrected chi connectivity index (χ1v) is 17.5. The van der Waals surface area contributed by atoms with E-state index in [0.29, 0.717) is 6.61 Å². The maximum atomic E-state index is 14.8. The molecule has 1 aromatic rings.